The van der Waals surface area contributed by atoms with Crippen LogP contribution < -0.4 is 15.6 Å². The fraction of sp³-hybridized carbons (Fsp3) is 0. The highest BCUT2D eigenvalue weighted by Crippen LogP contribution is 2.24. The van der Waals surface area contributed by atoms with Gasteiger partial charge in [0.2, 0.25) is 0 Å². The maximum Gasteiger partial charge on any atom is 0.290 e. The zero-order valence-corrected chi connectivity index (χ0v) is 12.1. The third-order valence-corrected chi connectivity index (χ3v) is 3.47. The van der Waals surface area contributed by atoms with Crippen molar-refractivity contribution in [3.8, 4) is 11.5 Å². The molecule has 22 heavy (non-hydrogen) atoms. The van der Waals surface area contributed by atoms with Crippen LogP contribution in [0.4, 0.5) is 5.13 Å². The van der Waals surface area contributed by atoms with Crippen LogP contribution in [-0.2, 0) is 0 Å². The molecule has 0 aliphatic carbocycles. The Balaban J connectivity index is 1.88. The molecule has 0 aliphatic heterocycles. The summed E-state index contributed by atoms with van der Waals surface area (Å²) in [5.74, 6) is 0.0724. The van der Waals surface area contributed by atoms with Crippen molar-refractivity contribution in [3.05, 3.63) is 70.1 Å². The van der Waals surface area contributed by atoms with Crippen LogP contribution in [0.25, 0.3) is 0 Å². The normalized spacial score (nSPS) is 10.2. The van der Waals surface area contributed by atoms with E-state index in [1.54, 1.807) is 41.9 Å². The monoisotopic (exact) mass is 313 g/mol. The molecule has 3 rings (SSSR count). The van der Waals surface area contributed by atoms with Crippen LogP contribution in [0.5, 0.6) is 11.5 Å². The van der Waals surface area contributed by atoms with Crippen LogP contribution in [-0.4, -0.2) is 15.9 Å². The van der Waals surface area contributed by atoms with Crippen LogP contribution in [0.15, 0.2) is 59.0 Å². The molecule has 2 aromatic heterocycles. The minimum absolute atomic E-state index is 0.122. The summed E-state index contributed by atoms with van der Waals surface area (Å²) in [4.78, 5) is 30.5. The number of thiazole rings is 1. The van der Waals surface area contributed by atoms with Crippen LogP contribution >= 0.6 is 11.3 Å². The molecule has 0 bridgehead atoms. The summed E-state index contributed by atoms with van der Waals surface area (Å²) in [6, 6.07) is 9.88. The number of carbonyl (C=O) groups excluding carboxylic acids is 1. The molecule has 0 radical (unpaired) electrons. The lowest BCUT2D eigenvalue weighted by molar-refractivity contribution is 0.102. The molecule has 1 amide bonds. The minimum Gasteiger partial charge on any atom is -0.451 e. The second-order valence-electron chi connectivity index (χ2n) is 4.25. The molecule has 6 nitrogen and oxygen atoms in total. The summed E-state index contributed by atoms with van der Waals surface area (Å²) >= 11 is 1.32. The molecule has 2 N–H and O–H groups in total. The lowest BCUT2D eigenvalue weighted by Crippen LogP contribution is -2.14. The maximum atomic E-state index is 12.3. The first-order chi connectivity index (χ1) is 10.7. The second kappa shape index (κ2) is 6.23. The molecular formula is C15H11N3O3S. The van der Waals surface area contributed by atoms with E-state index in [1.807, 2.05) is 0 Å². The van der Waals surface area contributed by atoms with Crippen molar-refractivity contribution in [1.82, 2.24) is 9.97 Å². The van der Waals surface area contributed by atoms with Gasteiger partial charge in [0.15, 0.2) is 10.9 Å². The molecule has 0 fully saturated rings. The fourth-order valence-electron chi connectivity index (χ4n) is 1.80. The summed E-state index contributed by atoms with van der Waals surface area (Å²) in [5, 5.41) is 4.94. The van der Waals surface area contributed by atoms with Gasteiger partial charge in [-0.2, -0.15) is 0 Å². The number of amides is 1. The van der Waals surface area contributed by atoms with Gasteiger partial charge in [-0.3, -0.25) is 14.9 Å². The van der Waals surface area contributed by atoms with Gasteiger partial charge in [0, 0.05) is 17.8 Å². The van der Waals surface area contributed by atoms with Gasteiger partial charge in [0.05, 0.1) is 5.56 Å². The highest BCUT2D eigenvalue weighted by Gasteiger charge is 2.14. The fourth-order valence-corrected chi connectivity index (χ4v) is 2.32. The molecular weight excluding hydrogens is 302 g/mol. The first kappa shape index (κ1) is 14.0. The summed E-state index contributed by atoms with van der Waals surface area (Å²) < 4.78 is 5.56. The van der Waals surface area contributed by atoms with E-state index < -0.39 is 0 Å². The number of aromatic amines is 1. The number of nitrogens with zero attached hydrogens (tertiary/aromatic N) is 1. The molecule has 0 aliphatic rings. The van der Waals surface area contributed by atoms with Crippen molar-refractivity contribution in [2.24, 2.45) is 0 Å². The molecule has 110 valence electrons. The summed E-state index contributed by atoms with van der Waals surface area (Å²) in [6.45, 7) is 0. The van der Waals surface area contributed by atoms with Crippen molar-refractivity contribution in [2.45, 2.75) is 0 Å². The third kappa shape index (κ3) is 3.04. The maximum absolute atomic E-state index is 12.3. The van der Waals surface area contributed by atoms with Gasteiger partial charge in [-0.15, -0.1) is 11.3 Å². The number of aromatic nitrogens is 2. The van der Waals surface area contributed by atoms with Gasteiger partial charge in [0.1, 0.15) is 5.75 Å². The number of benzene rings is 1. The standard InChI is InChI=1S/C15H11N3O3S/c19-13(18-15-17-8-9-22-15)10-4-1-2-5-11(10)21-12-6-3-7-16-14(12)20/h1-9H,(H,16,20)(H,17,18,19). The van der Waals surface area contributed by atoms with Gasteiger partial charge in [0.25, 0.3) is 11.5 Å². The Kier molecular flexibility index (Phi) is 3.97. The Hall–Kier alpha value is -2.93. The lowest BCUT2D eigenvalue weighted by atomic mass is 10.2. The molecule has 0 saturated carbocycles. The number of anilines is 1. The van der Waals surface area contributed by atoms with Crippen molar-refractivity contribution in [2.75, 3.05) is 5.32 Å². The lowest BCUT2D eigenvalue weighted by Gasteiger charge is -2.09. The molecule has 0 unspecified atom stereocenters. The molecule has 0 atom stereocenters. The van der Waals surface area contributed by atoms with Gasteiger partial charge >= 0.3 is 0 Å². The van der Waals surface area contributed by atoms with Gasteiger partial charge < -0.3 is 9.72 Å². The smallest absolute Gasteiger partial charge is 0.290 e. The van der Waals surface area contributed by atoms with Gasteiger partial charge in [-0.25, -0.2) is 4.98 Å². The third-order valence-electron chi connectivity index (χ3n) is 2.79. The van der Waals surface area contributed by atoms with E-state index in [-0.39, 0.29) is 17.2 Å². The number of carbonyl (C=O) groups is 1. The first-order valence-electron chi connectivity index (χ1n) is 6.39. The first-order valence-corrected chi connectivity index (χ1v) is 7.27. The summed E-state index contributed by atoms with van der Waals surface area (Å²) in [5.41, 5.74) is -0.0430. The molecule has 0 saturated heterocycles. The Bertz CT molecular complexity index is 843. The minimum atomic E-state index is -0.363. The summed E-state index contributed by atoms with van der Waals surface area (Å²) in [7, 11) is 0. The van der Waals surface area contributed by atoms with E-state index in [0.29, 0.717) is 16.4 Å². The molecule has 0 spiro atoms. The average Bonchev–Trinajstić information content (AvgIpc) is 3.03. The zero-order valence-electron chi connectivity index (χ0n) is 11.3. The van der Waals surface area contributed by atoms with E-state index in [2.05, 4.69) is 15.3 Å². The number of nitrogens with one attached hydrogen (secondary N) is 2. The molecule has 3 aromatic rings. The Morgan fingerprint density at radius 2 is 2.00 bits per heavy atom. The topological polar surface area (TPSA) is 84.1 Å². The number of para-hydroxylation sites is 1. The Morgan fingerprint density at radius 1 is 1.18 bits per heavy atom. The predicted octanol–water partition coefficient (Wildman–Crippen LogP) is 2.88. The number of hydrogen-bond donors (Lipinski definition) is 2. The van der Waals surface area contributed by atoms with Crippen molar-refractivity contribution in [3.63, 3.8) is 0 Å². The van der Waals surface area contributed by atoms with Gasteiger partial charge in [-0.1, -0.05) is 12.1 Å². The van der Waals surface area contributed by atoms with Crippen molar-refractivity contribution >= 4 is 22.4 Å². The average molecular weight is 313 g/mol. The number of pyridine rings is 1. The Morgan fingerprint density at radius 3 is 2.77 bits per heavy atom. The molecule has 2 heterocycles. The van der Waals surface area contributed by atoms with E-state index in [1.165, 1.54) is 23.6 Å². The summed E-state index contributed by atoms with van der Waals surface area (Å²) in [6.07, 6.45) is 3.11. The highest BCUT2D eigenvalue weighted by molar-refractivity contribution is 7.13. The zero-order chi connectivity index (χ0) is 15.4. The SMILES string of the molecule is O=C(Nc1nccs1)c1ccccc1Oc1ccc[nH]c1=O. The number of hydrogen-bond acceptors (Lipinski definition) is 5. The van der Waals surface area contributed by atoms with Gasteiger partial charge in [-0.05, 0) is 24.3 Å². The van der Waals surface area contributed by atoms with Crippen molar-refractivity contribution in [1.29, 1.82) is 0 Å². The molecule has 1 aromatic carbocycles. The van der Waals surface area contributed by atoms with E-state index in [0.717, 1.165) is 0 Å². The van der Waals surface area contributed by atoms with Crippen molar-refractivity contribution < 1.29 is 9.53 Å². The number of rotatable bonds is 4. The van der Waals surface area contributed by atoms with Crippen LogP contribution in [0.1, 0.15) is 10.4 Å². The highest BCUT2D eigenvalue weighted by atomic mass is 32.1. The number of H-pyrrole nitrogens is 1. The van der Waals surface area contributed by atoms with E-state index >= 15 is 0 Å². The largest absolute Gasteiger partial charge is 0.451 e. The Labute approximate surface area is 129 Å². The molecule has 7 heteroatoms. The quantitative estimate of drug-likeness (QED) is 0.775. The van der Waals surface area contributed by atoms with Crippen LogP contribution in [0.2, 0.25) is 0 Å². The van der Waals surface area contributed by atoms with E-state index in [4.69, 9.17) is 4.74 Å². The number of ether oxygens (including phenoxy) is 1. The van der Waals surface area contributed by atoms with Crippen LogP contribution in [0, 0.1) is 0 Å². The van der Waals surface area contributed by atoms with E-state index in [9.17, 15) is 9.59 Å². The second-order valence-corrected chi connectivity index (χ2v) is 5.15. The van der Waals surface area contributed by atoms with Crippen LogP contribution in [0.3, 0.4) is 0 Å². The predicted molar refractivity (Wildman–Crippen MR) is 83.6 cm³/mol.